The van der Waals surface area contributed by atoms with Crippen LogP contribution in [0.15, 0.2) is 46.9 Å². The smallest absolute Gasteiger partial charge is 0.0669 e. The van der Waals surface area contributed by atoms with E-state index in [1.807, 2.05) is 42.5 Å². The van der Waals surface area contributed by atoms with E-state index in [4.69, 9.17) is 16.9 Å². The van der Waals surface area contributed by atoms with E-state index >= 15 is 0 Å². The van der Waals surface area contributed by atoms with Crippen LogP contribution in [0.5, 0.6) is 0 Å². The Bertz CT molecular complexity index is 603. The van der Waals surface area contributed by atoms with Crippen molar-refractivity contribution >= 4 is 33.2 Å². The lowest BCUT2D eigenvalue weighted by Gasteiger charge is -2.09. The van der Waals surface area contributed by atoms with Gasteiger partial charge in [-0.2, -0.15) is 5.26 Å². The SMILES string of the molecule is N#CCc1ccc(NCc2cc(Cl)ccc2Br)cc1. The lowest BCUT2D eigenvalue weighted by Crippen LogP contribution is -2.00. The zero-order chi connectivity index (χ0) is 13.7. The summed E-state index contributed by atoms with van der Waals surface area (Å²) in [5.41, 5.74) is 3.15. The monoisotopic (exact) mass is 334 g/mol. The van der Waals surface area contributed by atoms with Gasteiger partial charge in [-0.1, -0.05) is 39.7 Å². The molecule has 0 unspecified atom stereocenters. The highest BCUT2D eigenvalue weighted by molar-refractivity contribution is 9.10. The molecule has 0 bridgehead atoms. The Kier molecular flexibility index (Phi) is 4.84. The highest BCUT2D eigenvalue weighted by Gasteiger charge is 2.01. The van der Waals surface area contributed by atoms with Gasteiger partial charge in [-0.05, 0) is 41.5 Å². The summed E-state index contributed by atoms with van der Waals surface area (Å²) in [7, 11) is 0. The number of hydrogen-bond donors (Lipinski definition) is 1. The summed E-state index contributed by atoms with van der Waals surface area (Å²) in [4.78, 5) is 0. The van der Waals surface area contributed by atoms with Crippen molar-refractivity contribution in [2.45, 2.75) is 13.0 Å². The summed E-state index contributed by atoms with van der Waals surface area (Å²) in [6, 6.07) is 15.7. The second-order valence-electron chi connectivity index (χ2n) is 4.12. The summed E-state index contributed by atoms with van der Waals surface area (Å²) in [5.74, 6) is 0. The molecule has 0 spiro atoms. The standard InChI is InChI=1S/C15H12BrClN2/c16-15-6-3-13(17)9-12(15)10-19-14-4-1-11(2-5-14)7-8-18/h1-6,9,19H,7,10H2. The number of nitrogens with one attached hydrogen (secondary N) is 1. The average molecular weight is 336 g/mol. The quantitative estimate of drug-likeness (QED) is 0.872. The molecule has 1 N–H and O–H groups in total. The van der Waals surface area contributed by atoms with E-state index in [9.17, 15) is 0 Å². The number of anilines is 1. The van der Waals surface area contributed by atoms with Crippen LogP contribution in [0.4, 0.5) is 5.69 Å². The lowest BCUT2D eigenvalue weighted by atomic mass is 10.1. The average Bonchev–Trinajstić information content (AvgIpc) is 2.42. The third kappa shape index (κ3) is 3.99. The number of hydrogen-bond acceptors (Lipinski definition) is 2. The molecule has 0 radical (unpaired) electrons. The Morgan fingerprint density at radius 3 is 2.58 bits per heavy atom. The summed E-state index contributed by atoms with van der Waals surface area (Å²) < 4.78 is 1.03. The Labute approximate surface area is 126 Å². The van der Waals surface area contributed by atoms with E-state index < -0.39 is 0 Å². The molecule has 0 saturated heterocycles. The van der Waals surface area contributed by atoms with Crippen molar-refractivity contribution in [3.8, 4) is 6.07 Å². The Morgan fingerprint density at radius 2 is 1.89 bits per heavy atom. The van der Waals surface area contributed by atoms with Gasteiger partial charge in [-0.25, -0.2) is 0 Å². The second-order valence-corrected chi connectivity index (χ2v) is 5.41. The van der Waals surface area contributed by atoms with Crippen LogP contribution in [0.25, 0.3) is 0 Å². The first-order chi connectivity index (χ1) is 9.19. The third-order valence-electron chi connectivity index (χ3n) is 2.73. The Morgan fingerprint density at radius 1 is 1.16 bits per heavy atom. The first-order valence-electron chi connectivity index (χ1n) is 5.83. The van der Waals surface area contributed by atoms with E-state index in [1.54, 1.807) is 0 Å². The molecule has 0 fully saturated rings. The number of rotatable bonds is 4. The first kappa shape index (κ1) is 13.9. The topological polar surface area (TPSA) is 35.8 Å². The maximum atomic E-state index is 8.61. The summed E-state index contributed by atoms with van der Waals surface area (Å²) in [6.07, 6.45) is 0.445. The minimum Gasteiger partial charge on any atom is -0.381 e. The zero-order valence-corrected chi connectivity index (χ0v) is 12.5. The first-order valence-corrected chi connectivity index (χ1v) is 7.00. The molecule has 0 aliphatic carbocycles. The molecule has 2 nitrogen and oxygen atoms in total. The lowest BCUT2D eigenvalue weighted by molar-refractivity contribution is 1.13. The van der Waals surface area contributed by atoms with E-state index in [0.29, 0.717) is 13.0 Å². The maximum Gasteiger partial charge on any atom is 0.0669 e. The maximum absolute atomic E-state index is 8.61. The number of nitrogens with zero attached hydrogens (tertiary/aromatic N) is 1. The van der Waals surface area contributed by atoms with Crippen LogP contribution in [-0.2, 0) is 13.0 Å². The number of halogens is 2. The van der Waals surface area contributed by atoms with Gasteiger partial charge in [0.25, 0.3) is 0 Å². The van der Waals surface area contributed by atoms with Crippen LogP contribution in [0.3, 0.4) is 0 Å². The van der Waals surface area contributed by atoms with Crippen molar-refractivity contribution in [1.29, 1.82) is 5.26 Å². The van der Waals surface area contributed by atoms with Gasteiger partial charge in [0.05, 0.1) is 12.5 Å². The van der Waals surface area contributed by atoms with Gasteiger partial charge in [0.15, 0.2) is 0 Å². The molecular weight excluding hydrogens is 324 g/mol. The summed E-state index contributed by atoms with van der Waals surface area (Å²) in [5, 5.41) is 12.7. The molecular formula is C15H12BrClN2. The number of nitriles is 1. The molecule has 0 heterocycles. The van der Waals surface area contributed by atoms with Crippen molar-refractivity contribution < 1.29 is 0 Å². The molecule has 96 valence electrons. The number of benzene rings is 2. The van der Waals surface area contributed by atoms with Gasteiger partial charge in [0, 0.05) is 21.7 Å². The Balaban J connectivity index is 2.02. The van der Waals surface area contributed by atoms with Crippen LogP contribution in [0, 0.1) is 11.3 Å². The molecule has 2 aromatic rings. The van der Waals surface area contributed by atoms with Gasteiger partial charge < -0.3 is 5.32 Å². The molecule has 2 rings (SSSR count). The summed E-state index contributed by atoms with van der Waals surface area (Å²) in [6.45, 7) is 0.693. The largest absolute Gasteiger partial charge is 0.381 e. The van der Waals surface area contributed by atoms with E-state index in [2.05, 4.69) is 27.3 Å². The van der Waals surface area contributed by atoms with Crippen LogP contribution in [-0.4, -0.2) is 0 Å². The van der Waals surface area contributed by atoms with E-state index in [-0.39, 0.29) is 0 Å². The molecule has 4 heteroatoms. The fourth-order valence-corrected chi connectivity index (χ4v) is 2.29. The molecule has 0 atom stereocenters. The van der Waals surface area contributed by atoms with Gasteiger partial charge in [-0.15, -0.1) is 0 Å². The van der Waals surface area contributed by atoms with Crippen molar-refractivity contribution in [3.05, 3.63) is 63.1 Å². The van der Waals surface area contributed by atoms with Gasteiger partial charge in [0.2, 0.25) is 0 Å². The van der Waals surface area contributed by atoms with E-state index in [0.717, 1.165) is 26.3 Å². The van der Waals surface area contributed by atoms with Crippen molar-refractivity contribution in [2.75, 3.05) is 5.32 Å². The van der Waals surface area contributed by atoms with Crippen LogP contribution in [0.2, 0.25) is 5.02 Å². The van der Waals surface area contributed by atoms with Crippen LogP contribution in [0.1, 0.15) is 11.1 Å². The van der Waals surface area contributed by atoms with E-state index in [1.165, 1.54) is 0 Å². The minimum atomic E-state index is 0.445. The predicted octanol–water partition coefficient (Wildman–Crippen LogP) is 4.78. The third-order valence-corrected chi connectivity index (χ3v) is 3.74. The van der Waals surface area contributed by atoms with Crippen LogP contribution >= 0.6 is 27.5 Å². The van der Waals surface area contributed by atoms with Gasteiger partial charge >= 0.3 is 0 Å². The molecule has 0 aliphatic rings. The van der Waals surface area contributed by atoms with Crippen molar-refractivity contribution in [1.82, 2.24) is 0 Å². The molecule has 0 aromatic heterocycles. The fraction of sp³-hybridized carbons (Fsp3) is 0.133. The predicted molar refractivity (Wildman–Crippen MR) is 82.2 cm³/mol. The highest BCUT2D eigenvalue weighted by atomic mass is 79.9. The second kappa shape index (κ2) is 6.60. The highest BCUT2D eigenvalue weighted by Crippen LogP contribution is 2.22. The molecule has 19 heavy (non-hydrogen) atoms. The molecule has 0 aliphatic heterocycles. The normalized spacial score (nSPS) is 9.95. The van der Waals surface area contributed by atoms with Gasteiger partial charge in [0.1, 0.15) is 0 Å². The van der Waals surface area contributed by atoms with Crippen LogP contribution < -0.4 is 5.32 Å². The fourth-order valence-electron chi connectivity index (χ4n) is 1.71. The molecule has 2 aromatic carbocycles. The van der Waals surface area contributed by atoms with Crippen molar-refractivity contribution in [3.63, 3.8) is 0 Å². The summed E-state index contributed by atoms with van der Waals surface area (Å²) >= 11 is 9.48. The zero-order valence-electron chi connectivity index (χ0n) is 10.2. The molecule has 0 saturated carbocycles. The Hall–Kier alpha value is -1.50. The van der Waals surface area contributed by atoms with Gasteiger partial charge in [-0.3, -0.25) is 0 Å². The minimum absolute atomic E-state index is 0.445. The van der Waals surface area contributed by atoms with Crippen molar-refractivity contribution in [2.24, 2.45) is 0 Å². The molecule has 0 amide bonds.